The monoisotopic (exact) mass is 276 g/mol. The van der Waals surface area contributed by atoms with Crippen molar-refractivity contribution in [3.63, 3.8) is 0 Å². The van der Waals surface area contributed by atoms with Crippen LogP contribution in [-0.2, 0) is 0 Å². The molecule has 0 radical (unpaired) electrons. The van der Waals surface area contributed by atoms with Gasteiger partial charge in [0.1, 0.15) is 5.75 Å². The summed E-state index contributed by atoms with van der Waals surface area (Å²) in [6.07, 6.45) is 2.67. The van der Waals surface area contributed by atoms with Gasteiger partial charge in [-0.05, 0) is 18.2 Å². The van der Waals surface area contributed by atoms with E-state index in [4.69, 9.17) is 0 Å². The van der Waals surface area contributed by atoms with Crippen LogP contribution in [0.15, 0.2) is 24.4 Å². The highest BCUT2D eigenvalue weighted by molar-refractivity contribution is 5.99. The predicted octanol–water partition coefficient (Wildman–Crippen LogP) is 1.70. The number of fused-ring (bicyclic) bond motifs is 1. The van der Waals surface area contributed by atoms with Crippen LogP contribution in [0, 0.1) is 0 Å². The topological polar surface area (TPSA) is 65.1 Å². The minimum atomic E-state index is -0.154. The van der Waals surface area contributed by atoms with Gasteiger partial charge in [0.25, 0.3) is 5.91 Å². The summed E-state index contributed by atoms with van der Waals surface area (Å²) in [6.45, 7) is 1.64. The van der Waals surface area contributed by atoms with Crippen LogP contribution in [0.25, 0.3) is 10.9 Å². The summed E-state index contributed by atoms with van der Waals surface area (Å²) in [7, 11) is 6.37. The maximum absolute atomic E-state index is 12.0. The maximum atomic E-state index is 12.0. The van der Waals surface area contributed by atoms with Gasteiger partial charge in [-0.2, -0.15) is 0 Å². The van der Waals surface area contributed by atoms with Crippen molar-refractivity contribution in [1.82, 2.24) is 10.3 Å². The largest absolute Gasteiger partial charge is 0.507 e. The normalized spacial score (nSPS) is 11.8. The molecule has 0 atom stereocenters. The third-order valence-electron chi connectivity index (χ3n) is 3.20. The lowest BCUT2D eigenvalue weighted by Gasteiger charge is -2.23. The fraction of sp³-hybridized carbons (Fsp3) is 0.400. The number of rotatable bonds is 5. The number of nitrogens with zero attached hydrogens (tertiary/aromatic N) is 1. The van der Waals surface area contributed by atoms with Gasteiger partial charge >= 0.3 is 0 Å². The van der Waals surface area contributed by atoms with Crippen LogP contribution in [-0.4, -0.2) is 54.7 Å². The van der Waals surface area contributed by atoms with E-state index in [1.165, 1.54) is 6.07 Å². The van der Waals surface area contributed by atoms with Crippen molar-refractivity contribution in [2.75, 3.05) is 34.2 Å². The lowest BCUT2D eigenvalue weighted by Crippen LogP contribution is -2.37. The quantitative estimate of drug-likeness (QED) is 0.575. The number of phenolic OH excluding ortho intramolecular Hbond substituents is 1. The number of amides is 1. The van der Waals surface area contributed by atoms with Gasteiger partial charge in [-0.1, -0.05) is 0 Å². The molecule has 5 heteroatoms. The Balaban J connectivity index is 1.97. The first-order chi connectivity index (χ1) is 9.37. The fourth-order valence-electron chi connectivity index (χ4n) is 2.14. The highest BCUT2D eigenvalue weighted by Gasteiger charge is 2.11. The van der Waals surface area contributed by atoms with Crippen LogP contribution in [0.5, 0.6) is 5.75 Å². The standard InChI is InChI=1S/C15H21N3O2/c1-18(2,3)8-4-6-17-15(20)11-9-13-12(5-7-16-13)14(19)10-11/h5,7,9-10H,4,6,8H2,1-3H3,(H2-,16,17,19,20)/p+1. The van der Waals surface area contributed by atoms with E-state index in [0.29, 0.717) is 12.1 Å². The molecular formula is C15H22N3O2+. The molecule has 20 heavy (non-hydrogen) atoms. The lowest BCUT2D eigenvalue weighted by molar-refractivity contribution is -0.870. The lowest BCUT2D eigenvalue weighted by atomic mass is 10.1. The number of phenols is 1. The summed E-state index contributed by atoms with van der Waals surface area (Å²) in [4.78, 5) is 15.0. The number of nitrogens with one attached hydrogen (secondary N) is 2. The van der Waals surface area contributed by atoms with E-state index in [1.807, 2.05) is 0 Å². The van der Waals surface area contributed by atoms with Crippen molar-refractivity contribution >= 4 is 16.8 Å². The molecule has 0 saturated heterocycles. The SMILES string of the molecule is C[N+](C)(C)CCCNC(=O)c1cc(O)c2cc[nH]c2c1. The van der Waals surface area contributed by atoms with E-state index in [0.717, 1.165) is 28.4 Å². The Morgan fingerprint density at radius 3 is 2.80 bits per heavy atom. The van der Waals surface area contributed by atoms with Gasteiger partial charge in [0, 0.05) is 35.6 Å². The summed E-state index contributed by atoms with van der Waals surface area (Å²) in [5.74, 6) is -0.0292. The van der Waals surface area contributed by atoms with Crippen LogP contribution in [0.3, 0.4) is 0 Å². The van der Waals surface area contributed by atoms with Gasteiger partial charge in [-0.25, -0.2) is 0 Å². The van der Waals surface area contributed by atoms with E-state index in [9.17, 15) is 9.90 Å². The van der Waals surface area contributed by atoms with Crippen LogP contribution in [0.2, 0.25) is 0 Å². The molecule has 3 N–H and O–H groups in total. The number of hydrogen-bond donors (Lipinski definition) is 3. The highest BCUT2D eigenvalue weighted by atomic mass is 16.3. The molecule has 0 spiro atoms. The van der Waals surface area contributed by atoms with E-state index in [2.05, 4.69) is 31.4 Å². The number of aromatic amines is 1. The van der Waals surface area contributed by atoms with Crippen molar-refractivity contribution in [3.05, 3.63) is 30.0 Å². The zero-order valence-corrected chi connectivity index (χ0v) is 12.2. The molecule has 1 aromatic heterocycles. The number of H-pyrrole nitrogens is 1. The highest BCUT2D eigenvalue weighted by Crippen LogP contribution is 2.25. The second-order valence-electron chi connectivity index (χ2n) is 6.06. The number of carbonyl (C=O) groups is 1. The number of aromatic nitrogens is 1. The Morgan fingerprint density at radius 2 is 2.10 bits per heavy atom. The first kappa shape index (κ1) is 14.4. The second kappa shape index (κ2) is 5.54. The molecule has 5 nitrogen and oxygen atoms in total. The van der Waals surface area contributed by atoms with E-state index >= 15 is 0 Å². The van der Waals surface area contributed by atoms with Crippen LogP contribution >= 0.6 is 0 Å². The van der Waals surface area contributed by atoms with Crippen molar-refractivity contribution in [2.45, 2.75) is 6.42 Å². The smallest absolute Gasteiger partial charge is 0.251 e. The minimum Gasteiger partial charge on any atom is -0.507 e. The fourth-order valence-corrected chi connectivity index (χ4v) is 2.14. The van der Waals surface area contributed by atoms with Crippen LogP contribution < -0.4 is 5.32 Å². The third-order valence-corrected chi connectivity index (χ3v) is 3.20. The van der Waals surface area contributed by atoms with Crippen LogP contribution in [0.1, 0.15) is 16.8 Å². The van der Waals surface area contributed by atoms with Crippen molar-refractivity contribution in [2.24, 2.45) is 0 Å². The van der Waals surface area contributed by atoms with Gasteiger partial charge in [-0.3, -0.25) is 4.79 Å². The number of hydrogen-bond acceptors (Lipinski definition) is 2. The van der Waals surface area contributed by atoms with E-state index in [-0.39, 0.29) is 11.7 Å². The van der Waals surface area contributed by atoms with Crippen molar-refractivity contribution in [3.8, 4) is 5.75 Å². The van der Waals surface area contributed by atoms with Crippen LogP contribution in [0.4, 0.5) is 0 Å². The predicted molar refractivity (Wildman–Crippen MR) is 79.8 cm³/mol. The van der Waals surface area contributed by atoms with E-state index < -0.39 is 0 Å². The molecule has 2 aromatic rings. The van der Waals surface area contributed by atoms with Gasteiger partial charge in [0.2, 0.25) is 0 Å². The Bertz CT molecular complexity index is 611. The number of aromatic hydroxyl groups is 1. The molecule has 0 aliphatic carbocycles. The molecule has 0 fully saturated rings. The number of benzene rings is 1. The average Bonchev–Trinajstić information content (AvgIpc) is 2.82. The maximum Gasteiger partial charge on any atom is 0.251 e. The second-order valence-corrected chi connectivity index (χ2v) is 6.06. The number of quaternary nitrogens is 1. The number of carbonyl (C=O) groups excluding carboxylic acids is 1. The molecule has 2 rings (SSSR count). The summed E-state index contributed by atoms with van der Waals surface area (Å²) in [5.41, 5.74) is 1.24. The molecule has 108 valence electrons. The summed E-state index contributed by atoms with van der Waals surface area (Å²) in [5, 5.41) is 13.5. The molecule has 0 bridgehead atoms. The first-order valence-electron chi connectivity index (χ1n) is 6.75. The Hall–Kier alpha value is -2.01. The first-order valence-corrected chi connectivity index (χ1v) is 6.75. The van der Waals surface area contributed by atoms with Gasteiger partial charge in [0.15, 0.2) is 0 Å². The molecule has 1 amide bonds. The van der Waals surface area contributed by atoms with Crippen molar-refractivity contribution < 1.29 is 14.4 Å². The zero-order valence-electron chi connectivity index (χ0n) is 12.2. The molecule has 0 aliphatic rings. The third kappa shape index (κ3) is 3.51. The van der Waals surface area contributed by atoms with Gasteiger partial charge in [-0.15, -0.1) is 0 Å². The molecule has 0 unspecified atom stereocenters. The molecule has 1 heterocycles. The summed E-state index contributed by atoms with van der Waals surface area (Å²) < 4.78 is 0.880. The Labute approximate surface area is 118 Å². The Kier molecular flexibility index (Phi) is 3.99. The van der Waals surface area contributed by atoms with E-state index in [1.54, 1.807) is 18.3 Å². The van der Waals surface area contributed by atoms with Crippen molar-refractivity contribution in [1.29, 1.82) is 0 Å². The van der Waals surface area contributed by atoms with Gasteiger partial charge in [0.05, 0.1) is 27.7 Å². The molecular weight excluding hydrogens is 254 g/mol. The summed E-state index contributed by atoms with van der Waals surface area (Å²) >= 11 is 0. The summed E-state index contributed by atoms with van der Waals surface area (Å²) in [6, 6.07) is 5.04. The minimum absolute atomic E-state index is 0.125. The molecule has 0 aliphatic heterocycles. The molecule has 0 saturated carbocycles. The zero-order chi connectivity index (χ0) is 14.8. The molecule has 1 aromatic carbocycles. The average molecular weight is 276 g/mol. The Morgan fingerprint density at radius 1 is 1.35 bits per heavy atom. The van der Waals surface area contributed by atoms with Gasteiger partial charge < -0.3 is 19.9 Å².